The molecule has 1 amide bonds. The quantitative estimate of drug-likeness (QED) is 0.709. The molecule has 2 N–H and O–H groups in total. The van der Waals surface area contributed by atoms with Crippen LogP contribution in [0, 0.1) is 13.8 Å². The molecule has 0 bridgehead atoms. The van der Waals surface area contributed by atoms with E-state index < -0.39 is 0 Å². The Hall–Kier alpha value is -2.63. The van der Waals surface area contributed by atoms with Crippen molar-refractivity contribution in [3.05, 3.63) is 74.0 Å². The lowest BCUT2D eigenvalue weighted by Gasteiger charge is -2.28. The second-order valence-corrected chi connectivity index (χ2v) is 7.74. The van der Waals surface area contributed by atoms with Gasteiger partial charge in [0.05, 0.1) is 12.1 Å². The van der Waals surface area contributed by atoms with Crippen LogP contribution < -0.4 is 10.7 Å². The molecule has 0 saturated heterocycles. The number of rotatable bonds is 3. The first-order valence-electron chi connectivity index (χ1n) is 9.34. The third kappa shape index (κ3) is 3.43. The Bertz CT molecular complexity index is 1140. The van der Waals surface area contributed by atoms with Crippen LogP contribution in [-0.4, -0.2) is 28.9 Å². The number of hydrogen-bond donors (Lipinski definition) is 2. The summed E-state index contributed by atoms with van der Waals surface area (Å²) in [5, 5.41) is 4.25. The Morgan fingerprint density at radius 2 is 2.00 bits per heavy atom. The van der Waals surface area contributed by atoms with E-state index in [2.05, 4.69) is 10.3 Å². The molecule has 1 aliphatic heterocycles. The van der Waals surface area contributed by atoms with Crippen molar-refractivity contribution in [2.45, 2.75) is 26.8 Å². The summed E-state index contributed by atoms with van der Waals surface area (Å²) in [6.45, 7) is 5.31. The molecule has 0 radical (unpaired) electrons. The number of nitrogens with one attached hydrogen (secondary N) is 2. The fourth-order valence-corrected chi connectivity index (χ4v) is 3.91. The van der Waals surface area contributed by atoms with E-state index in [1.165, 1.54) is 0 Å². The van der Waals surface area contributed by atoms with Gasteiger partial charge < -0.3 is 10.3 Å². The largest absolute Gasteiger partial charge is 0.358 e. The van der Waals surface area contributed by atoms with Crippen LogP contribution in [0.1, 0.15) is 22.4 Å². The molecular weight excluding hydrogens is 374 g/mol. The number of aromatic nitrogens is 1. The molecule has 144 valence electrons. The minimum Gasteiger partial charge on any atom is -0.358 e. The summed E-state index contributed by atoms with van der Waals surface area (Å²) in [6.07, 6.45) is 0.699. The zero-order valence-electron chi connectivity index (χ0n) is 15.9. The van der Waals surface area contributed by atoms with Crippen molar-refractivity contribution in [3.8, 4) is 0 Å². The maximum atomic E-state index is 13.0. The highest BCUT2D eigenvalue weighted by Gasteiger charge is 2.23. The summed E-state index contributed by atoms with van der Waals surface area (Å²) in [6, 6.07) is 11.2. The van der Waals surface area contributed by atoms with Crippen LogP contribution in [-0.2, 0) is 17.8 Å². The van der Waals surface area contributed by atoms with Crippen LogP contribution >= 0.6 is 11.6 Å². The molecule has 0 atom stereocenters. The smallest absolute Gasteiger partial charge is 0.238 e. The van der Waals surface area contributed by atoms with Crippen molar-refractivity contribution in [2.75, 3.05) is 18.4 Å². The van der Waals surface area contributed by atoms with Gasteiger partial charge in [0.2, 0.25) is 5.91 Å². The predicted octanol–water partition coefficient (Wildman–Crippen LogP) is 3.80. The van der Waals surface area contributed by atoms with Gasteiger partial charge in [0.25, 0.3) is 0 Å². The molecule has 5 nitrogen and oxygen atoms in total. The van der Waals surface area contributed by atoms with Gasteiger partial charge >= 0.3 is 0 Å². The molecule has 3 aromatic rings. The first-order chi connectivity index (χ1) is 13.4. The van der Waals surface area contributed by atoms with Gasteiger partial charge in [0, 0.05) is 46.9 Å². The summed E-state index contributed by atoms with van der Waals surface area (Å²) in [5.41, 5.74) is 5.24. The standard InChI is InChI=1S/C22H22ClN3O2/c1-13-5-3-4-6-18(13)24-20(27)12-26-10-9-19-16(11-26)22(28)15-7-8-17(23)14(2)21(15)25-19/h3-8H,9-12H2,1-2H3,(H,24,27)(H,25,28). The van der Waals surface area contributed by atoms with Crippen molar-refractivity contribution in [3.63, 3.8) is 0 Å². The number of carbonyl (C=O) groups is 1. The highest BCUT2D eigenvalue weighted by Crippen LogP contribution is 2.25. The monoisotopic (exact) mass is 395 g/mol. The Kier molecular flexibility index (Phi) is 4.96. The van der Waals surface area contributed by atoms with Crippen LogP contribution in [0.25, 0.3) is 10.9 Å². The topological polar surface area (TPSA) is 65.2 Å². The molecule has 6 heteroatoms. The van der Waals surface area contributed by atoms with Crippen molar-refractivity contribution >= 4 is 34.1 Å². The summed E-state index contributed by atoms with van der Waals surface area (Å²) in [4.78, 5) is 30.9. The predicted molar refractivity (Wildman–Crippen MR) is 113 cm³/mol. The molecule has 2 aromatic carbocycles. The zero-order valence-corrected chi connectivity index (χ0v) is 16.7. The fraction of sp³-hybridized carbons (Fsp3) is 0.273. The number of anilines is 1. The second kappa shape index (κ2) is 7.41. The fourth-order valence-electron chi connectivity index (χ4n) is 3.76. The van der Waals surface area contributed by atoms with Crippen molar-refractivity contribution in [2.24, 2.45) is 0 Å². The lowest BCUT2D eigenvalue weighted by Crippen LogP contribution is -2.39. The zero-order chi connectivity index (χ0) is 19.8. The van der Waals surface area contributed by atoms with E-state index in [0.717, 1.165) is 40.1 Å². The molecule has 0 aliphatic carbocycles. The highest BCUT2D eigenvalue weighted by atomic mass is 35.5. The molecule has 0 spiro atoms. The first kappa shape index (κ1) is 18.7. The Morgan fingerprint density at radius 3 is 2.79 bits per heavy atom. The average Bonchev–Trinajstić information content (AvgIpc) is 2.67. The molecular formula is C22H22ClN3O2. The van der Waals surface area contributed by atoms with E-state index in [0.29, 0.717) is 23.4 Å². The van der Waals surface area contributed by atoms with Crippen LogP contribution in [0.15, 0.2) is 41.2 Å². The van der Waals surface area contributed by atoms with Crippen LogP contribution in [0.5, 0.6) is 0 Å². The number of aryl methyl sites for hydroxylation is 2. The second-order valence-electron chi connectivity index (χ2n) is 7.33. The van der Waals surface area contributed by atoms with Gasteiger partial charge in [0.15, 0.2) is 5.43 Å². The molecule has 2 heterocycles. The number of H-pyrrole nitrogens is 1. The normalized spacial score (nSPS) is 14.1. The molecule has 1 aliphatic rings. The first-order valence-corrected chi connectivity index (χ1v) is 9.72. The van der Waals surface area contributed by atoms with Gasteiger partial charge in [-0.25, -0.2) is 0 Å². The Morgan fingerprint density at radius 1 is 1.21 bits per heavy atom. The van der Waals surface area contributed by atoms with E-state index in [1.807, 2.05) is 43.0 Å². The number of amides is 1. The van der Waals surface area contributed by atoms with Crippen LogP contribution in [0.3, 0.4) is 0 Å². The molecule has 28 heavy (non-hydrogen) atoms. The van der Waals surface area contributed by atoms with E-state index in [4.69, 9.17) is 11.6 Å². The van der Waals surface area contributed by atoms with E-state index in [-0.39, 0.29) is 17.9 Å². The minimum atomic E-state index is -0.0717. The Balaban J connectivity index is 1.56. The number of hydrogen-bond acceptors (Lipinski definition) is 3. The number of benzene rings is 2. The van der Waals surface area contributed by atoms with Crippen molar-refractivity contribution in [1.82, 2.24) is 9.88 Å². The minimum absolute atomic E-state index is 0.0209. The summed E-state index contributed by atoms with van der Waals surface area (Å²) < 4.78 is 0. The van der Waals surface area contributed by atoms with Gasteiger partial charge in [0.1, 0.15) is 0 Å². The van der Waals surface area contributed by atoms with Crippen LogP contribution in [0.2, 0.25) is 5.02 Å². The van der Waals surface area contributed by atoms with E-state index in [1.54, 1.807) is 12.1 Å². The number of nitrogens with zero attached hydrogens (tertiary/aromatic N) is 1. The maximum absolute atomic E-state index is 13.0. The summed E-state index contributed by atoms with van der Waals surface area (Å²) in [5.74, 6) is -0.0717. The lowest BCUT2D eigenvalue weighted by molar-refractivity contribution is -0.117. The molecule has 0 unspecified atom stereocenters. The van der Waals surface area contributed by atoms with E-state index in [9.17, 15) is 9.59 Å². The number of halogens is 1. The maximum Gasteiger partial charge on any atom is 0.238 e. The van der Waals surface area contributed by atoms with Crippen molar-refractivity contribution < 1.29 is 4.79 Å². The SMILES string of the molecule is Cc1ccccc1NC(=O)CN1CCc2[nH]c3c(C)c(Cl)ccc3c(=O)c2C1. The summed E-state index contributed by atoms with van der Waals surface area (Å²) in [7, 11) is 0. The number of fused-ring (bicyclic) bond motifs is 2. The van der Waals surface area contributed by atoms with Gasteiger partial charge in [-0.2, -0.15) is 0 Å². The Labute approximate surface area is 168 Å². The van der Waals surface area contributed by atoms with Gasteiger partial charge in [-0.3, -0.25) is 14.5 Å². The number of para-hydroxylation sites is 1. The van der Waals surface area contributed by atoms with Crippen molar-refractivity contribution in [1.29, 1.82) is 0 Å². The third-order valence-corrected chi connectivity index (χ3v) is 5.81. The van der Waals surface area contributed by atoms with E-state index >= 15 is 0 Å². The third-order valence-electron chi connectivity index (χ3n) is 5.40. The number of carbonyl (C=O) groups excluding carboxylic acids is 1. The summed E-state index contributed by atoms with van der Waals surface area (Å²) >= 11 is 6.21. The van der Waals surface area contributed by atoms with Crippen LogP contribution in [0.4, 0.5) is 5.69 Å². The average molecular weight is 396 g/mol. The molecule has 0 saturated carbocycles. The van der Waals surface area contributed by atoms with Gasteiger partial charge in [-0.05, 0) is 43.2 Å². The number of pyridine rings is 1. The van der Waals surface area contributed by atoms with Gasteiger partial charge in [-0.1, -0.05) is 29.8 Å². The molecule has 4 rings (SSSR count). The highest BCUT2D eigenvalue weighted by molar-refractivity contribution is 6.32. The number of aromatic amines is 1. The molecule has 0 fully saturated rings. The molecule has 1 aromatic heterocycles. The lowest BCUT2D eigenvalue weighted by atomic mass is 10.0. The van der Waals surface area contributed by atoms with Gasteiger partial charge in [-0.15, -0.1) is 0 Å².